The topological polar surface area (TPSA) is 55.6 Å². The van der Waals surface area contributed by atoms with Crippen LogP contribution in [-0.4, -0.2) is 32.6 Å². The number of ether oxygens (including phenoxy) is 1. The van der Waals surface area contributed by atoms with Crippen LogP contribution < -0.4 is 10.6 Å². The van der Waals surface area contributed by atoms with Crippen molar-refractivity contribution in [2.45, 2.75) is 18.9 Å². The van der Waals surface area contributed by atoms with E-state index in [9.17, 15) is 4.79 Å². The number of aldehydes is 1. The molecule has 1 aliphatic rings. The van der Waals surface area contributed by atoms with Gasteiger partial charge in [-0.2, -0.15) is 0 Å². The minimum absolute atomic E-state index is 0.0473. The van der Waals surface area contributed by atoms with E-state index in [1.54, 1.807) is 0 Å². The minimum atomic E-state index is -0.0473. The molecule has 2 rings (SSSR count). The quantitative estimate of drug-likeness (QED) is 0.802. The van der Waals surface area contributed by atoms with E-state index >= 15 is 0 Å². The smallest absolute Gasteiger partial charge is 0.120 e. The standard InChI is InChI=1S/C14H20N2O2/c15-14(2-1-9-17)12-3-5-13(6-4-12)16-7-10-18-11-8-16/h3-6,9,14H,1-2,7-8,10-11,15H2. The van der Waals surface area contributed by atoms with Gasteiger partial charge in [-0.25, -0.2) is 0 Å². The summed E-state index contributed by atoms with van der Waals surface area (Å²) in [6, 6.07) is 8.26. The molecular formula is C14H20N2O2. The lowest BCUT2D eigenvalue weighted by Gasteiger charge is -2.29. The van der Waals surface area contributed by atoms with E-state index in [1.807, 2.05) is 0 Å². The van der Waals surface area contributed by atoms with Crippen molar-refractivity contribution in [3.8, 4) is 0 Å². The van der Waals surface area contributed by atoms with Gasteiger partial charge in [0.05, 0.1) is 13.2 Å². The van der Waals surface area contributed by atoms with Crippen LogP contribution in [0.25, 0.3) is 0 Å². The molecule has 0 aromatic heterocycles. The SMILES string of the molecule is NC(CCC=O)c1ccc(N2CCOCC2)cc1. The van der Waals surface area contributed by atoms with E-state index in [0.29, 0.717) is 12.8 Å². The summed E-state index contributed by atoms with van der Waals surface area (Å²) in [5, 5.41) is 0. The first-order valence-corrected chi connectivity index (χ1v) is 6.43. The van der Waals surface area contributed by atoms with Crippen molar-refractivity contribution in [2.24, 2.45) is 5.73 Å². The molecule has 1 heterocycles. The van der Waals surface area contributed by atoms with Gasteiger partial charge in [0.15, 0.2) is 0 Å². The van der Waals surface area contributed by atoms with Crippen LogP contribution >= 0.6 is 0 Å². The number of morpholine rings is 1. The number of rotatable bonds is 5. The molecule has 4 nitrogen and oxygen atoms in total. The Kier molecular flexibility index (Phi) is 4.73. The van der Waals surface area contributed by atoms with E-state index in [0.717, 1.165) is 38.2 Å². The lowest BCUT2D eigenvalue weighted by Crippen LogP contribution is -2.36. The molecule has 0 bridgehead atoms. The maximum Gasteiger partial charge on any atom is 0.120 e. The van der Waals surface area contributed by atoms with Crippen LogP contribution in [0.15, 0.2) is 24.3 Å². The molecule has 1 aliphatic heterocycles. The highest BCUT2D eigenvalue weighted by Gasteiger charge is 2.11. The molecule has 1 saturated heterocycles. The first-order chi connectivity index (χ1) is 8.81. The van der Waals surface area contributed by atoms with Gasteiger partial charge in [0, 0.05) is 31.2 Å². The van der Waals surface area contributed by atoms with E-state index in [2.05, 4.69) is 29.2 Å². The lowest BCUT2D eigenvalue weighted by atomic mass is 10.0. The van der Waals surface area contributed by atoms with Crippen LogP contribution in [0.4, 0.5) is 5.69 Å². The molecule has 4 heteroatoms. The van der Waals surface area contributed by atoms with Gasteiger partial charge in [0.25, 0.3) is 0 Å². The zero-order valence-corrected chi connectivity index (χ0v) is 10.5. The maximum absolute atomic E-state index is 10.3. The van der Waals surface area contributed by atoms with Crippen LogP contribution in [0.3, 0.4) is 0 Å². The van der Waals surface area contributed by atoms with Crippen LogP contribution in [0.5, 0.6) is 0 Å². The Bertz CT molecular complexity index is 372. The molecule has 0 spiro atoms. The number of anilines is 1. The van der Waals surface area contributed by atoms with E-state index < -0.39 is 0 Å². The highest BCUT2D eigenvalue weighted by molar-refractivity contribution is 5.50. The zero-order chi connectivity index (χ0) is 12.8. The number of hydrogen-bond acceptors (Lipinski definition) is 4. The molecule has 1 fully saturated rings. The van der Waals surface area contributed by atoms with E-state index in [1.165, 1.54) is 5.69 Å². The van der Waals surface area contributed by atoms with Crippen molar-refractivity contribution in [2.75, 3.05) is 31.2 Å². The molecule has 1 aromatic carbocycles. The summed E-state index contributed by atoms with van der Waals surface area (Å²) in [6.45, 7) is 3.47. The average molecular weight is 248 g/mol. The summed E-state index contributed by atoms with van der Waals surface area (Å²) in [7, 11) is 0. The molecular weight excluding hydrogens is 228 g/mol. The normalized spacial score (nSPS) is 17.5. The monoisotopic (exact) mass is 248 g/mol. The van der Waals surface area contributed by atoms with Gasteiger partial charge in [0.2, 0.25) is 0 Å². The average Bonchev–Trinajstić information content (AvgIpc) is 2.46. The molecule has 0 saturated carbocycles. The molecule has 2 N–H and O–H groups in total. The number of benzene rings is 1. The number of hydrogen-bond donors (Lipinski definition) is 1. The summed E-state index contributed by atoms with van der Waals surface area (Å²) in [6.07, 6.45) is 2.15. The Labute approximate surface area is 108 Å². The van der Waals surface area contributed by atoms with Gasteiger partial charge >= 0.3 is 0 Å². The summed E-state index contributed by atoms with van der Waals surface area (Å²) >= 11 is 0. The summed E-state index contributed by atoms with van der Waals surface area (Å²) < 4.78 is 5.33. The van der Waals surface area contributed by atoms with Crippen molar-refractivity contribution >= 4 is 12.0 Å². The van der Waals surface area contributed by atoms with Crippen molar-refractivity contribution in [1.29, 1.82) is 0 Å². The predicted octanol–water partition coefficient (Wildman–Crippen LogP) is 1.50. The van der Waals surface area contributed by atoms with Crippen LogP contribution in [0, 0.1) is 0 Å². The second-order valence-corrected chi connectivity index (χ2v) is 4.54. The van der Waals surface area contributed by atoms with E-state index in [4.69, 9.17) is 10.5 Å². The lowest BCUT2D eigenvalue weighted by molar-refractivity contribution is -0.108. The van der Waals surface area contributed by atoms with Crippen LogP contribution in [0.1, 0.15) is 24.4 Å². The fourth-order valence-electron chi connectivity index (χ4n) is 2.17. The molecule has 0 radical (unpaired) electrons. The van der Waals surface area contributed by atoms with Gasteiger partial charge < -0.3 is 20.2 Å². The van der Waals surface area contributed by atoms with Gasteiger partial charge in [-0.15, -0.1) is 0 Å². The zero-order valence-electron chi connectivity index (χ0n) is 10.5. The first kappa shape index (κ1) is 13.1. The third-order valence-electron chi connectivity index (χ3n) is 3.29. The van der Waals surface area contributed by atoms with Crippen LogP contribution in [0.2, 0.25) is 0 Å². The molecule has 0 amide bonds. The second-order valence-electron chi connectivity index (χ2n) is 4.54. The minimum Gasteiger partial charge on any atom is -0.378 e. The molecule has 18 heavy (non-hydrogen) atoms. The Hall–Kier alpha value is -1.39. The number of nitrogens with zero attached hydrogens (tertiary/aromatic N) is 1. The third kappa shape index (κ3) is 3.31. The number of nitrogens with two attached hydrogens (primary N) is 1. The van der Waals surface area contributed by atoms with E-state index in [-0.39, 0.29) is 6.04 Å². The number of carbonyl (C=O) groups excluding carboxylic acids is 1. The van der Waals surface area contributed by atoms with Crippen molar-refractivity contribution in [1.82, 2.24) is 0 Å². The molecule has 1 unspecified atom stereocenters. The molecule has 1 atom stereocenters. The van der Waals surface area contributed by atoms with Gasteiger partial charge in [-0.05, 0) is 24.1 Å². The number of carbonyl (C=O) groups is 1. The van der Waals surface area contributed by atoms with Gasteiger partial charge in [-0.3, -0.25) is 0 Å². The second kappa shape index (κ2) is 6.52. The predicted molar refractivity (Wildman–Crippen MR) is 71.7 cm³/mol. The largest absolute Gasteiger partial charge is 0.378 e. The van der Waals surface area contributed by atoms with Crippen LogP contribution in [-0.2, 0) is 9.53 Å². The van der Waals surface area contributed by atoms with Gasteiger partial charge in [0.1, 0.15) is 6.29 Å². The highest BCUT2D eigenvalue weighted by Crippen LogP contribution is 2.21. The van der Waals surface area contributed by atoms with Gasteiger partial charge in [-0.1, -0.05) is 12.1 Å². The third-order valence-corrected chi connectivity index (χ3v) is 3.29. The Morgan fingerprint density at radius 1 is 1.28 bits per heavy atom. The Morgan fingerprint density at radius 2 is 1.94 bits per heavy atom. The summed E-state index contributed by atoms with van der Waals surface area (Å²) in [5.74, 6) is 0. The molecule has 98 valence electrons. The summed E-state index contributed by atoms with van der Waals surface area (Å²) in [5.41, 5.74) is 8.32. The van der Waals surface area contributed by atoms with Crippen molar-refractivity contribution in [3.63, 3.8) is 0 Å². The fourth-order valence-corrected chi connectivity index (χ4v) is 2.17. The first-order valence-electron chi connectivity index (χ1n) is 6.43. The van der Waals surface area contributed by atoms with Crippen molar-refractivity contribution in [3.05, 3.63) is 29.8 Å². The fraction of sp³-hybridized carbons (Fsp3) is 0.500. The Balaban J connectivity index is 1.97. The summed E-state index contributed by atoms with van der Waals surface area (Å²) in [4.78, 5) is 12.6. The Morgan fingerprint density at radius 3 is 2.56 bits per heavy atom. The van der Waals surface area contributed by atoms with Crippen molar-refractivity contribution < 1.29 is 9.53 Å². The molecule has 1 aromatic rings. The molecule has 0 aliphatic carbocycles. The maximum atomic E-state index is 10.3. The highest BCUT2D eigenvalue weighted by atomic mass is 16.5.